The Balaban J connectivity index is 2.02. The largest absolute Gasteiger partial charge is 0.388 e. The third kappa shape index (κ3) is 3.44. The zero-order valence-corrected chi connectivity index (χ0v) is 12.4. The van der Waals surface area contributed by atoms with Crippen LogP contribution in [0.4, 0.5) is 5.82 Å². The number of aromatic amines is 1. The van der Waals surface area contributed by atoms with Crippen LogP contribution in [0.15, 0.2) is 11.1 Å². The van der Waals surface area contributed by atoms with Crippen molar-refractivity contribution < 1.29 is 5.11 Å². The van der Waals surface area contributed by atoms with E-state index in [4.69, 9.17) is 0 Å². The van der Waals surface area contributed by atoms with Crippen LogP contribution in [-0.2, 0) is 0 Å². The second-order valence-corrected chi connectivity index (χ2v) is 5.97. The highest BCUT2D eigenvalue weighted by molar-refractivity contribution is 14.1. The predicted molar refractivity (Wildman–Crippen MR) is 78.7 cm³/mol. The standard InChI is InChI=1S/C12H18IN3O2/c13-9-10(15-8-16-11(9)17)14-7-12(18)5-3-1-2-4-6-12/h8,18H,1-7H2,(H2,14,15,16,17). The number of aromatic nitrogens is 2. The molecule has 1 heterocycles. The van der Waals surface area contributed by atoms with Crippen LogP contribution in [0.5, 0.6) is 0 Å². The monoisotopic (exact) mass is 363 g/mol. The molecule has 0 radical (unpaired) electrons. The van der Waals surface area contributed by atoms with Gasteiger partial charge in [-0.1, -0.05) is 25.7 Å². The van der Waals surface area contributed by atoms with E-state index in [1.54, 1.807) is 0 Å². The summed E-state index contributed by atoms with van der Waals surface area (Å²) in [5, 5.41) is 13.6. The zero-order valence-electron chi connectivity index (χ0n) is 10.2. The summed E-state index contributed by atoms with van der Waals surface area (Å²) in [6, 6.07) is 0. The number of hydrogen-bond acceptors (Lipinski definition) is 4. The minimum absolute atomic E-state index is 0.152. The molecule has 1 aromatic heterocycles. The minimum atomic E-state index is -0.663. The van der Waals surface area contributed by atoms with Crippen molar-refractivity contribution in [1.82, 2.24) is 9.97 Å². The zero-order chi connectivity index (χ0) is 13.0. The van der Waals surface area contributed by atoms with E-state index in [9.17, 15) is 9.90 Å². The maximum absolute atomic E-state index is 11.4. The molecule has 0 unspecified atom stereocenters. The summed E-state index contributed by atoms with van der Waals surface area (Å²) in [5.41, 5.74) is -0.815. The van der Waals surface area contributed by atoms with Gasteiger partial charge in [-0.3, -0.25) is 4.79 Å². The van der Waals surface area contributed by atoms with Crippen molar-refractivity contribution in [2.75, 3.05) is 11.9 Å². The summed E-state index contributed by atoms with van der Waals surface area (Å²) in [6.07, 6.45) is 7.55. The molecule has 1 aliphatic carbocycles. The predicted octanol–water partition coefficient (Wildman–Crippen LogP) is 1.87. The van der Waals surface area contributed by atoms with Crippen molar-refractivity contribution in [3.8, 4) is 0 Å². The Morgan fingerprint density at radius 3 is 2.72 bits per heavy atom. The van der Waals surface area contributed by atoms with Crippen molar-refractivity contribution in [3.63, 3.8) is 0 Å². The maximum atomic E-state index is 11.4. The quantitative estimate of drug-likeness (QED) is 0.566. The Bertz CT molecular complexity index is 453. The van der Waals surface area contributed by atoms with Crippen molar-refractivity contribution in [1.29, 1.82) is 0 Å². The Morgan fingerprint density at radius 2 is 2.06 bits per heavy atom. The summed E-state index contributed by atoms with van der Waals surface area (Å²) >= 11 is 1.96. The highest BCUT2D eigenvalue weighted by atomic mass is 127. The molecule has 0 aromatic carbocycles. The first-order valence-corrected chi connectivity index (χ1v) is 7.38. The van der Waals surface area contributed by atoms with E-state index in [0.29, 0.717) is 15.9 Å². The summed E-state index contributed by atoms with van der Waals surface area (Å²) in [6.45, 7) is 0.458. The fourth-order valence-corrected chi connectivity index (χ4v) is 2.80. The number of H-pyrrole nitrogens is 1. The molecule has 2 rings (SSSR count). The molecule has 1 fully saturated rings. The molecule has 0 bridgehead atoms. The lowest BCUT2D eigenvalue weighted by Crippen LogP contribution is -2.37. The van der Waals surface area contributed by atoms with Crippen LogP contribution in [0.3, 0.4) is 0 Å². The Morgan fingerprint density at radius 1 is 1.39 bits per heavy atom. The molecule has 0 spiro atoms. The fraction of sp³-hybridized carbons (Fsp3) is 0.667. The van der Waals surface area contributed by atoms with Crippen molar-refractivity contribution in [2.24, 2.45) is 0 Å². The lowest BCUT2D eigenvalue weighted by molar-refractivity contribution is 0.0380. The average molecular weight is 363 g/mol. The van der Waals surface area contributed by atoms with Gasteiger partial charge in [-0.2, -0.15) is 0 Å². The van der Waals surface area contributed by atoms with Crippen LogP contribution < -0.4 is 10.9 Å². The van der Waals surface area contributed by atoms with E-state index in [1.807, 2.05) is 22.6 Å². The average Bonchev–Trinajstić information content (AvgIpc) is 2.57. The second kappa shape index (κ2) is 6.01. The van der Waals surface area contributed by atoms with E-state index in [1.165, 1.54) is 19.2 Å². The number of halogens is 1. The second-order valence-electron chi connectivity index (χ2n) is 4.89. The maximum Gasteiger partial charge on any atom is 0.266 e. The van der Waals surface area contributed by atoms with Gasteiger partial charge in [-0.15, -0.1) is 0 Å². The van der Waals surface area contributed by atoms with Gasteiger partial charge in [0.1, 0.15) is 9.39 Å². The van der Waals surface area contributed by atoms with Gasteiger partial charge in [0.2, 0.25) is 0 Å². The van der Waals surface area contributed by atoms with Crippen molar-refractivity contribution in [2.45, 2.75) is 44.1 Å². The smallest absolute Gasteiger partial charge is 0.266 e. The number of nitrogens with zero attached hydrogens (tertiary/aromatic N) is 1. The number of hydrogen-bond donors (Lipinski definition) is 3. The van der Waals surface area contributed by atoms with Crippen molar-refractivity contribution in [3.05, 3.63) is 20.3 Å². The normalized spacial score (nSPS) is 19.2. The summed E-state index contributed by atoms with van der Waals surface area (Å²) in [5.74, 6) is 0.553. The van der Waals surface area contributed by atoms with Crippen LogP contribution in [0.25, 0.3) is 0 Å². The van der Waals surface area contributed by atoms with Gasteiger partial charge in [-0.25, -0.2) is 4.98 Å². The van der Waals surface area contributed by atoms with Crippen LogP contribution in [0, 0.1) is 3.57 Å². The minimum Gasteiger partial charge on any atom is -0.388 e. The SMILES string of the molecule is O=c1[nH]cnc(NCC2(O)CCCCCC2)c1I. The molecule has 0 amide bonds. The molecule has 6 heteroatoms. The molecule has 0 aliphatic heterocycles. The van der Waals surface area contributed by atoms with E-state index in [-0.39, 0.29) is 5.56 Å². The molecule has 100 valence electrons. The van der Waals surface area contributed by atoms with E-state index in [2.05, 4.69) is 15.3 Å². The summed E-state index contributed by atoms with van der Waals surface area (Å²) < 4.78 is 0.535. The molecular weight excluding hydrogens is 345 g/mol. The summed E-state index contributed by atoms with van der Waals surface area (Å²) in [4.78, 5) is 18.0. The first-order valence-electron chi connectivity index (χ1n) is 6.30. The van der Waals surface area contributed by atoms with Crippen LogP contribution in [-0.4, -0.2) is 27.2 Å². The first kappa shape index (κ1) is 13.8. The lowest BCUT2D eigenvalue weighted by atomic mass is 9.94. The third-order valence-electron chi connectivity index (χ3n) is 3.42. The van der Waals surface area contributed by atoms with Crippen LogP contribution in [0.2, 0.25) is 0 Å². The molecule has 18 heavy (non-hydrogen) atoms. The van der Waals surface area contributed by atoms with Gasteiger partial charge in [0.05, 0.1) is 11.9 Å². The summed E-state index contributed by atoms with van der Waals surface area (Å²) in [7, 11) is 0. The van der Waals surface area contributed by atoms with E-state index in [0.717, 1.165) is 25.7 Å². The Kier molecular flexibility index (Phi) is 4.60. The molecule has 3 N–H and O–H groups in total. The highest BCUT2D eigenvalue weighted by Crippen LogP contribution is 2.27. The highest BCUT2D eigenvalue weighted by Gasteiger charge is 2.28. The lowest BCUT2D eigenvalue weighted by Gasteiger charge is -2.27. The molecule has 0 saturated heterocycles. The topological polar surface area (TPSA) is 78.0 Å². The molecule has 0 atom stereocenters. The van der Waals surface area contributed by atoms with E-state index >= 15 is 0 Å². The molecule has 1 aromatic rings. The molecule has 1 saturated carbocycles. The fourth-order valence-electron chi connectivity index (χ4n) is 2.32. The van der Waals surface area contributed by atoms with E-state index < -0.39 is 5.60 Å². The Hall–Kier alpha value is -0.630. The first-order chi connectivity index (χ1) is 8.61. The third-order valence-corrected chi connectivity index (χ3v) is 4.42. The van der Waals surface area contributed by atoms with Gasteiger partial charge >= 0.3 is 0 Å². The van der Waals surface area contributed by atoms with Gasteiger partial charge < -0.3 is 15.4 Å². The van der Waals surface area contributed by atoms with Gasteiger partial charge in [0, 0.05) is 6.54 Å². The van der Waals surface area contributed by atoms with Gasteiger partial charge in [-0.05, 0) is 35.4 Å². The van der Waals surface area contributed by atoms with Crippen molar-refractivity contribution >= 4 is 28.4 Å². The van der Waals surface area contributed by atoms with Gasteiger partial charge in [0.25, 0.3) is 5.56 Å². The number of rotatable bonds is 3. The van der Waals surface area contributed by atoms with Crippen LogP contribution in [0.1, 0.15) is 38.5 Å². The molecule has 1 aliphatic rings. The molecular formula is C12H18IN3O2. The number of nitrogens with one attached hydrogen (secondary N) is 2. The Labute approximate surface area is 120 Å². The molecule has 5 nitrogen and oxygen atoms in total. The van der Waals surface area contributed by atoms with Gasteiger partial charge in [0.15, 0.2) is 0 Å². The van der Waals surface area contributed by atoms with Crippen LogP contribution >= 0.6 is 22.6 Å². The number of anilines is 1. The number of aliphatic hydroxyl groups is 1.